The minimum Gasteiger partial charge on any atom is -0.299 e. The van der Waals surface area contributed by atoms with E-state index in [0.29, 0.717) is 17.1 Å². The molecule has 0 saturated heterocycles. The molecule has 5 unspecified atom stereocenters. The molecule has 0 bridgehead atoms. The Morgan fingerprint density at radius 1 is 1.00 bits per heavy atom. The maximum Gasteiger partial charge on any atom is 0.139 e. The summed E-state index contributed by atoms with van der Waals surface area (Å²) in [4.78, 5) is 12.3. The van der Waals surface area contributed by atoms with Gasteiger partial charge in [0.15, 0.2) is 0 Å². The average Bonchev–Trinajstić information content (AvgIpc) is 2.84. The molecule has 22 heavy (non-hydrogen) atoms. The zero-order chi connectivity index (χ0) is 16.0. The topological polar surface area (TPSA) is 17.1 Å². The van der Waals surface area contributed by atoms with Crippen molar-refractivity contribution in [1.29, 1.82) is 0 Å². The van der Waals surface area contributed by atoms with Crippen molar-refractivity contribution in [2.75, 3.05) is 0 Å². The Labute approximate surface area is 136 Å². The summed E-state index contributed by atoms with van der Waals surface area (Å²) in [7, 11) is 0. The molecule has 124 valence electrons. The average molecular weight is 303 g/mol. The van der Waals surface area contributed by atoms with Gasteiger partial charge >= 0.3 is 0 Å². The molecule has 3 saturated carbocycles. The molecular weight excluding hydrogens is 268 g/mol. The van der Waals surface area contributed by atoms with E-state index in [2.05, 4.69) is 19.9 Å². The third-order valence-electron chi connectivity index (χ3n) is 7.65. The van der Waals surface area contributed by atoms with Crippen LogP contribution in [-0.4, -0.2) is 5.78 Å². The number of rotatable bonds is 0. The van der Waals surface area contributed by atoms with Gasteiger partial charge in [-0.2, -0.15) is 0 Å². The SMILES string of the molecule is CC.CC12CCCCC1CCC1C2=CCC2(C)C(=O)CCC12. The van der Waals surface area contributed by atoms with Crippen LogP contribution in [0.3, 0.4) is 0 Å². The molecule has 3 fully saturated rings. The summed E-state index contributed by atoms with van der Waals surface area (Å²) in [6, 6.07) is 0. The van der Waals surface area contributed by atoms with Gasteiger partial charge in [-0.3, -0.25) is 4.79 Å². The van der Waals surface area contributed by atoms with Crippen molar-refractivity contribution in [2.24, 2.45) is 28.6 Å². The standard InChI is InChI=1S/C19H28O.C2H6/c1-18-11-4-3-5-13(18)6-7-14-15-8-9-17(20)19(15,2)12-10-16(14)18;1-2/h10,13-15H,3-9,11-12H2,1-2H3;1-2H3. The second kappa shape index (κ2) is 5.80. The normalized spacial score (nSPS) is 46.6. The second-order valence-electron chi connectivity index (χ2n) is 8.39. The van der Waals surface area contributed by atoms with E-state index in [1.165, 1.54) is 38.5 Å². The molecule has 1 heteroatoms. The molecule has 0 aromatic rings. The van der Waals surface area contributed by atoms with Crippen molar-refractivity contribution in [2.45, 2.75) is 85.5 Å². The van der Waals surface area contributed by atoms with E-state index in [0.717, 1.165) is 31.1 Å². The highest BCUT2D eigenvalue weighted by Gasteiger charge is 2.56. The first-order valence-corrected chi connectivity index (χ1v) is 9.79. The fourth-order valence-corrected chi connectivity index (χ4v) is 6.34. The smallest absolute Gasteiger partial charge is 0.139 e. The molecule has 0 spiro atoms. The molecule has 0 heterocycles. The summed E-state index contributed by atoms with van der Waals surface area (Å²) >= 11 is 0. The molecule has 4 rings (SSSR count). The van der Waals surface area contributed by atoms with Gasteiger partial charge < -0.3 is 0 Å². The maximum absolute atomic E-state index is 12.3. The van der Waals surface area contributed by atoms with Crippen LogP contribution >= 0.6 is 0 Å². The monoisotopic (exact) mass is 302 g/mol. The quantitative estimate of drug-likeness (QED) is 0.506. The Bertz CT molecular complexity index is 476. The van der Waals surface area contributed by atoms with Crippen LogP contribution in [0.1, 0.15) is 85.5 Å². The third-order valence-corrected chi connectivity index (χ3v) is 7.65. The lowest BCUT2D eigenvalue weighted by Crippen LogP contribution is -2.46. The van der Waals surface area contributed by atoms with Crippen LogP contribution in [0.5, 0.6) is 0 Å². The van der Waals surface area contributed by atoms with Crippen molar-refractivity contribution in [3.8, 4) is 0 Å². The van der Waals surface area contributed by atoms with Gasteiger partial charge in [0.05, 0.1) is 0 Å². The summed E-state index contributed by atoms with van der Waals surface area (Å²) in [5.41, 5.74) is 2.26. The lowest BCUT2D eigenvalue weighted by Gasteiger charge is -2.55. The van der Waals surface area contributed by atoms with Crippen LogP contribution in [0, 0.1) is 28.6 Å². The van der Waals surface area contributed by atoms with Gasteiger partial charge in [0, 0.05) is 11.8 Å². The van der Waals surface area contributed by atoms with Crippen molar-refractivity contribution >= 4 is 5.78 Å². The summed E-state index contributed by atoms with van der Waals surface area (Å²) in [5.74, 6) is 2.88. The Morgan fingerprint density at radius 3 is 2.55 bits per heavy atom. The molecule has 0 aromatic heterocycles. The van der Waals surface area contributed by atoms with Crippen molar-refractivity contribution in [3.63, 3.8) is 0 Å². The minimum absolute atomic E-state index is 0.00791. The third kappa shape index (κ3) is 2.14. The highest BCUT2D eigenvalue weighted by molar-refractivity contribution is 5.87. The van der Waals surface area contributed by atoms with Crippen LogP contribution in [0.15, 0.2) is 11.6 Å². The highest BCUT2D eigenvalue weighted by atomic mass is 16.1. The number of allylic oxidation sites excluding steroid dienone is 2. The molecular formula is C21H34O. The molecule has 0 aliphatic heterocycles. The van der Waals surface area contributed by atoms with E-state index < -0.39 is 0 Å². The van der Waals surface area contributed by atoms with E-state index in [-0.39, 0.29) is 5.41 Å². The Balaban J connectivity index is 0.000000693. The van der Waals surface area contributed by atoms with E-state index in [1.807, 2.05) is 13.8 Å². The second-order valence-corrected chi connectivity index (χ2v) is 8.39. The van der Waals surface area contributed by atoms with Gasteiger partial charge in [-0.1, -0.05) is 52.2 Å². The van der Waals surface area contributed by atoms with Crippen LogP contribution in [0.25, 0.3) is 0 Å². The number of fused-ring (bicyclic) bond motifs is 5. The Kier molecular flexibility index (Phi) is 4.29. The van der Waals surface area contributed by atoms with Crippen LogP contribution in [-0.2, 0) is 4.79 Å². The van der Waals surface area contributed by atoms with Gasteiger partial charge in [-0.15, -0.1) is 0 Å². The van der Waals surface area contributed by atoms with Crippen LogP contribution < -0.4 is 0 Å². The number of hydrogen-bond donors (Lipinski definition) is 0. The lowest BCUT2D eigenvalue weighted by atomic mass is 9.49. The molecule has 4 aliphatic carbocycles. The van der Waals surface area contributed by atoms with Crippen LogP contribution in [0.2, 0.25) is 0 Å². The zero-order valence-electron chi connectivity index (χ0n) is 15.1. The molecule has 0 radical (unpaired) electrons. The van der Waals surface area contributed by atoms with Gasteiger partial charge in [-0.05, 0) is 61.7 Å². The van der Waals surface area contributed by atoms with Gasteiger partial charge in [-0.25, -0.2) is 0 Å². The zero-order valence-corrected chi connectivity index (χ0v) is 15.1. The fourth-order valence-electron chi connectivity index (χ4n) is 6.34. The number of carbonyl (C=O) groups is 1. The summed E-state index contributed by atoms with van der Waals surface area (Å²) in [6.45, 7) is 8.81. The van der Waals surface area contributed by atoms with Crippen molar-refractivity contribution in [3.05, 3.63) is 11.6 Å². The Morgan fingerprint density at radius 2 is 1.77 bits per heavy atom. The molecule has 1 nitrogen and oxygen atoms in total. The van der Waals surface area contributed by atoms with Gasteiger partial charge in [0.25, 0.3) is 0 Å². The van der Waals surface area contributed by atoms with E-state index in [1.54, 1.807) is 5.57 Å². The van der Waals surface area contributed by atoms with Crippen molar-refractivity contribution < 1.29 is 4.79 Å². The predicted octanol–water partition coefficient (Wildman–Crippen LogP) is 5.93. The molecule has 0 amide bonds. The first kappa shape index (κ1) is 16.3. The van der Waals surface area contributed by atoms with E-state index in [9.17, 15) is 4.79 Å². The minimum atomic E-state index is -0.00791. The lowest BCUT2D eigenvalue weighted by molar-refractivity contribution is -0.127. The first-order chi connectivity index (χ1) is 10.6. The highest BCUT2D eigenvalue weighted by Crippen LogP contribution is 2.63. The van der Waals surface area contributed by atoms with Crippen LogP contribution in [0.4, 0.5) is 0 Å². The van der Waals surface area contributed by atoms with E-state index >= 15 is 0 Å². The number of Topliss-reactive ketones (excluding diaryl/α,β-unsaturated/α-hetero) is 1. The van der Waals surface area contributed by atoms with Gasteiger partial charge in [0.2, 0.25) is 0 Å². The summed E-state index contributed by atoms with van der Waals surface area (Å²) < 4.78 is 0. The first-order valence-electron chi connectivity index (χ1n) is 9.79. The molecule has 4 aliphatic rings. The fraction of sp³-hybridized carbons (Fsp3) is 0.857. The number of carbonyl (C=O) groups excluding carboxylic acids is 1. The van der Waals surface area contributed by atoms with Crippen molar-refractivity contribution in [1.82, 2.24) is 0 Å². The Hall–Kier alpha value is -0.590. The molecule has 0 aromatic carbocycles. The summed E-state index contributed by atoms with van der Waals surface area (Å²) in [6.07, 6.45) is 14.1. The van der Waals surface area contributed by atoms with Gasteiger partial charge in [0.1, 0.15) is 5.78 Å². The number of ketones is 1. The molecule has 5 atom stereocenters. The largest absolute Gasteiger partial charge is 0.299 e. The number of hydrogen-bond acceptors (Lipinski definition) is 1. The molecule has 0 N–H and O–H groups in total. The predicted molar refractivity (Wildman–Crippen MR) is 92.7 cm³/mol. The maximum atomic E-state index is 12.3. The van der Waals surface area contributed by atoms with E-state index in [4.69, 9.17) is 0 Å². The summed E-state index contributed by atoms with van der Waals surface area (Å²) in [5, 5.41) is 0.